The number of nitrogens with one attached hydrogen (secondary N) is 1. The first-order chi connectivity index (χ1) is 9.41. The number of rotatable bonds is 7. The van der Waals surface area contributed by atoms with E-state index >= 15 is 0 Å². The van der Waals surface area contributed by atoms with Crippen LogP contribution in [0.1, 0.15) is 38.4 Å². The van der Waals surface area contributed by atoms with E-state index in [2.05, 4.69) is 22.4 Å². The number of nitrogens with zero attached hydrogens (tertiary/aromatic N) is 4. The van der Waals surface area contributed by atoms with Gasteiger partial charge >= 0.3 is 5.69 Å². The second-order valence-electron chi connectivity index (χ2n) is 5.72. The highest BCUT2D eigenvalue weighted by Crippen LogP contribution is 2.30. The van der Waals surface area contributed by atoms with Crippen LogP contribution in [0.15, 0.2) is 0 Å². The summed E-state index contributed by atoms with van der Waals surface area (Å²) in [5.41, 5.74) is 0.550. The van der Waals surface area contributed by atoms with Crippen molar-refractivity contribution in [2.24, 2.45) is 0 Å². The monoisotopic (exact) mass is 281 g/mol. The molecule has 7 heteroatoms. The van der Waals surface area contributed by atoms with Gasteiger partial charge in [-0.05, 0) is 40.7 Å². The Morgan fingerprint density at radius 2 is 2.20 bits per heavy atom. The molecule has 112 valence electrons. The van der Waals surface area contributed by atoms with Crippen molar-refractivity contribution >= 4 is 11.5 Å². The van der Waals surface area contributed by atoms with Crippen molar-refractivity contribution in [2.75, 3.05) is 25.5 Å². The van der Waals surface area contributed by atoms with Gasteiger partial charge in [-0.25, -0.2) is 4.68 Å². The third-order valence-corrected chi connectivity index (χ3v) is 3.65. The number of aromatic nitrogens is 2. The van der Waals surface area contributed by atoms with Crippen LogP contribution in [0.4, 0.5) is 11.5 Å². The Morgan fingerprint density at radius 3 is 2.70 bits per heavy atom. The SMILES string of the molecule is Cc1nn(C(C)C)c(NCCN(C)C2CC2)c1[N+](=O)[O-]. The summed E-state index contributed by atoms with van der Waals surface area (Å²) in [7, 11) is 2.10. The van der Waals surface area contributed by atoms with E-state index < -0.39 is 0 Å². The second-order valence-corrected chi connectivity index (χ2v) is 5.72. The van der Waals surface area contributed by atoms with Gasteiger partial charge in [0.1, 0.15) is 5.69 Å². The first-order valence-electron chi connectivity index (χ1n) is 7.09. The van der Waals surface area contributed by atoms with E-state index in [1.807, 2.05) is 13.8 Å². The van der Waals surface area contributed by atoms with E-state index in [-0.39, 0.29) is 16.7 Å². The molecule has 2 rings (SSSR count). The molecule has 0 amide bonds. The normalized spacial score (nSPS) is 15.1. The summed E-state index contributed by atoms with van der Waals surface area (Å²) < 4.78 is 1.70. The number of aryl methyl sites for hydroxylation is 1. The average Bonchev–Trinajstić information content (AvgIpc) is 3.13. The van der Waals surface area contributed by atoms with Gasteiger partial charge in [-0.1, -0.05) is 0 Å². The van der Waals surface area contributed by atoms with Gasteiger partial charge in [0.15, 0.2) is 0 Å². The molecule has 1 N–H and O–H groups in total. The zero-order chi connectivity index (χ0) is 14.9. The zero-order valence-electron chi connectivity index (χ0n) is 12.6. The maximum Gasteiger partial charge on any atom is 0.333 e. The van der Waals surface area contributed by atoms with Gasteiger partial charge in [0.2, 0.25) is 5.82 Å². The fourth-order valence-corrected chi connectivity index (χ4v) is 2.34. The van der Waals surface area contributed by atoms with Crippen LogP contribution in [0, 0.1) is 17.0 Å². The van der Waals surface area contributed by atoms with Gasteiger partial charge in [-0.3, -0.25) is 10.1 Å². The molecule has 1 aromatic heterocycles. The number of hydrogen-bond donors (Lipinski definition) is 1. The molecule has 0 unspecified atom stereocenters. The number of hydrogen-bond acceptors (Lipinski definition) is 5. The van der Waals surface area contributed by atoms with Crippen molar-refractivity contribution in [1.82, 2.24) is 14.7 Å². The number of anilines is 1. The lowest BCUT2D eigenvalue weighted by Gasteiger charge is -2.17. The summed E-state index contributed by atoms with van der Waals surface area (Å²) in [5, 5.41) is 18.7. The molecule has 0 radical (unpaired) electrons. The number of nitro groups is 1. The van der Waals surface area contributed by atoms with E-state index in [0.717, 1.165) is 6.54 Å². The number of likely N-dealkylation sites (N-methyl/N-ethyl adjacent to an activating group) is 1. The summed E-state index contributed by atoms with van der Waals surface area (Å²) in [6, 6.07) is 0.787. The molecule has 0 spiro atoms. The minimum absolute atomic E-state index is 0.0889. The lowest BCUT2D eigenvalue weighted by atomic mass is 10.3. The van der Waals surface area contributed by atoms with Crippen molar-refractivity contribution in [1.29, 1.82) is 0 Å². The topological polar surface area (TPSA) is 76.2 Å². The van der Waals surface area contributed by atoms with E-state index in [1.165, 1.54) is 12.8 Å². The van der Waals surface area contributed by atoms with Gasteiger partial charge in [0.25, 0.3) is 0 Å². The summed E-state index contributed by atoms with van der Waals surface area (Å²) in [5.74, 6) is 0.520. The predicted molar refractivity (Wildman–Crippen MR) is 78.1 cm³/mol. The van der Waals surface area contributed by atoms with Gasteiger partial charge in [-0.2, -0.15) is 5.10 Å². The third-order valence-electron chi connectivity index (χ3n) is 3.65. The fourth-order valence-electron chi connectivity index (χ4n) is 2.34. The lowest BCUT2D eigenvalue weighted by Crippen LogP contribution is -2.27. The Labute approximate surface area is 119 Å². The molecule has 0 saturated heterocycles. The van der Waals surface area contributed by atoms with Crippen molar-refractivity contribution in [2.45, 2.75) is 45.7 Å². The quantitative estimate of drug-likeness (QED) is 0.612. The summed E-state index contributed by atoms with van der Waals surface area (Å²) in [6.45, 7) is 7.18. The summed E-state index contributed by atoms with van der Waals surface area (Å²) in [6.07, 6.45) is 2.53. The van der Waals surface area contributed by atoms with E-state index in [0.29, 0.717) is 24.1 Å². The molecule has 0 aliphatic heterocycles. The molecule has 0 atom stereocenters. The fraction of sp³-hybridized carbons (Fsp3) is 0.769. The van der Waals surface area contributed by atoms with Crippen molar-refractivity contribution in [3.63, 3.8) is 0 Å². The molecule has 1 aromatic rings. The van der Waals surface area contributed by atoms with Crippen molar-refractivity contribution < 1.29 is 4.92 Å². The standard InChI is InChI=1S/C13H23N5O2/c1-9(2)17-13(12(18(19)20)10(3)15-17)14-7-8-16(4)11-5-6-11/h9,11,14H,5-8H2,1-4H3. The molecule has 1 saturated carbocycles. The van der Waals surface area contributed by atoms with E-state index in [4.69, 9.17) is 0 Å². The van der Waals surface area contributed by atoms with Crippen LogP contribution < -0.4 is 5.32 Å². The van der Waals surface area contributed by atoms with Crippen LogP contribution >= 0.6 is 0 Å². The predicted octanol–water partition coefficient (Wildman–Crippen LogP) is 2.19. The Balaban J connectivity index is 2.09. The molecular formula is C13H23N5O2. The zero-order valence-corrected chi connectivity index (χ0v) is 12.6. The molecule has 7 nitrogen and oxygen atoms in total. The van der Waals surface area contributed by atoms with Crippen LogP contribution in [0.2, 0.25) is 0 Å². The van der Waals surface area contributed by atoms with Crippen LogP contribution in [0.3, 0.4) is 0 Å². The first-order valence-corrected chi connectivity index (χ1v) is 7.09. The van der Waals surface area contributed by atoms with Crippen LogP contribution in [-0.4, -0.2) is 45.8 Å². The molecule has 1 heterocycles. The van der Waals surface area contributed by atoms with Crippen molar-refractivity contribution in [3.8, 4) is 0 Å². The molecule has 1 aliphatic carbocycles. The minimum atomic E-state index is -0.353. The van der Waals surface area contributed by atoms with Crippen LogP contribution in [-0.2, 0) is 0 Å². The average molecular weight is 281 g/mol. The van der Waals surface area contributed by atoms with Gasteiger partial charge in [0, 0.05) is 25.2 Å². The molecular weight excluding hydrogens is 258 g/mol. The van der Waals surface area contributed by atoms with Gasteiger partial charge in [0.05, 0.1) is 4.92 Å². The second kappa shape index (κ2) is 5.78. The minimum Gasteiger partial charge on any atom is -0.363 e. The van der Waals surface area contributed by atoms with E-state index in [1.54, 1.807) is 11.6 Å². The molecule has 1 fully saturated rings. The van der Waals surface area contributed by atoms with Crippen LogP contribution in [0.25, 0.3) is 0 Å². The molecule has 0 bridgehead atoms. The summed E-state index contributed by atoms with van der Waals surface area (Å²) in [4.78, 5) is 13.1. The molecule has 0 aromatic carbocycles. The summed E-state index contributed by atoms with van der Waals surface area (Å²) >= 11 is 0. The highest BCUT2D eigenvalue weighted by Gasteiger charge is 2.28. The van der Waals surface area contributed by atoms with Crippen molar-refractivity contribution in [3.05, 3.63) is 15.8 Å². The smallest absolute Gasteiger partial charge is 0.333 e. The van der Waals surface area contributed by atoms with Gasteiger partial charge in [-0.15, -0.1) is 0 Å². The Kier molecular flexibility index (Phi) is 4.27. The molecule has 20 heavy (non-hydrogen) atoms. The molecule has 1 aliphatic rings. The third kappa shape index (κ3) is 3.09. The largest absolute Gasteiger partial charge is 0.363 e. The maximum atomic E-state index is 11.2. The van der Waals surface area contributed by atoms with Crippen LogP contribution in [0.5, 0.6) is 0 Å². The Hall–Kier alpha value is -1.63. The van der Waals surface area contributed by atoms with Gasteiger partial charge < -0.3 is 10.2 Å². The maximum absolute atomic E-state index is 11.2. The Bertz CT molecular complexity index is 493. The lowest BCUT2D eigenvalue weighted by molar-refractivity contribution is -0.384. The van der Waals surface area contributed by atoms with E-state index in [9.17, 15) is 10.1 Å². The highest BCUT2D eigenvalue weighted by atomic mass is 16.6. The first kappa shape index (κ1) is 14.8. The Morgan fingerprint density at radius 1 is 1.55 bits per heavy atom. The highest BCUT2D eigenvalue weighted by molar-refractivity contribution is 5.59.